The SMILES string of the molecule is CCOc1ccc(N2C(=O)CC(N(Cc3cccs3)C(=O)C34CC5CC(CC(C5)C3)C4)C2=O)cc1. The molecule has 3 amide bonds. The smallest absolute Gasteiger partial charge is 0.257 e. The van der Waals surface area contributed by atoms with Crippen molar-refractivity contribution in [3.05, 3.63) is 46.7 Å². The summed E-state index contributed by atoms with van der Waals surface area (Å²) in [5.74, 6) is 2.15. The number of ether oxygens (including phenoxy) is 1. The molecule has 4 saturated carbocycles. The molecule has 1 atom stereocenters. The number of amides is 3. The van der Waals surface area contributed by atoms with Crippen LogP contribution in [-0.2, 0) is 20.9 Å². The van der Waals surface area contributed by atoms with Crippen LogP contribution < -0.4 is 9.64 Å². The molecule has 4 bridgehead atoms. The topological polar surface area (TPSA) is 66.9 Å². The third-order valence-corrected chi connectivity index (χ3v) is 9.43. The summed E-state index contributed by atoms with van der Waals surface area (Å²) in [4.78, 5) is 45.3. The molecule has 1 aromatic heterocycles. The van der Waals surface area contributed by atoms with Crippen molar-refractivity contribution in [3.63, 3.8) is 0 Å². The van der Waals surface area contributed by atoms with Crippen molar-refractivity contribution in [3.8, 4) is 5.75 Å². The lowest BCUT2D eigenvalue weighted by Crippen LogP contribution is -2.57. The molecule has 5 aliphatic rings. The highest BCUT2D eigenvalue weighted by molar-refractivity contribution is 7.09. The molecule has 0 radical (unpaired) electrons. The zero-order valence-corrected chi connectivity index (χ0v) is 21.0. The average molecular weight is 493 g/mol. The van der Waals surface area contributed by atoms with E-state index in [0.717, 1.165) is 24.1 Å². The van der Waals surface area contributed by atoms with Gasteiger partial charge in [0.15, 0.2) is 0 Å². The fourth-order valence-corrected chi connectivity index (χ4v) is 8.26. The molecule has 5 fully saturated rings. The van der Waals surface area contributed by atoms with Crippen LogP contribution in [0.5, 0.6) is 5.75 Å². The molecule has 1 aromatic carbocycles. The summed E-state index contributed by atoms with van der Waals surface area (Å²) in [7, 11) is 0. The van der Waals surface area contributed by atoms with Gasteiger partial charge in [0, 0.05) is 4.88 Å². The van der Waals surface area contributed by atoms with Crippen molar-refractivity contribution in [2.75, 3.05) is 11.5 Å². The van der Waals surface area contributed by atoms with Crippen LogP contribution in [0.2, 0.25) is 0 Å². The number of nitrogens with zero attached hydrogens (tertiary/aromatic N) is 2. The predicted molar refractivity (Wildman–Crippen MR) is 134 cm³/mol. The Labute approximate surface area is 210 Å². The highest BCUT2D eigenvalue weighted by Crippen LogP contribution is 2.60. The van der Waals surface area contributed by atoms with Crippen LogP contribution >= 0.6 is 11.3 Å². The van der Waals surface area contributed by atoms with Crippen molar-refractivity contribution in [2.45, 2.75) is 64.5 Å². The number of carbonyl (C=O) groups is 3. The first-order valence-electron chi connectivity index (χ1n) is 12.9. The Morgan fingerprint density at radius 3 is 2.29 bits per heavy atom. The summed E-state index contributed by atoms with van der Waals surface area (Å²) in [5, 5.41) is 2.00. The number of carbonyl (C=O) groups excluding carboxylic acids is 3. The molecule has 1 saturated heterocycles. The number of rotatable bonds is 7. The van der Waals surface area contributed by atoms with Gasteiger partial charge in [-0.3, -0.25) is 14.4 Å². The molecule has 7 rings (SSSR count). The minimum atomic E-state index is -0.753. The minimum absolute atomic E-state index is 0.0372. The third-order valence-electron chi connectivity index (χ3n) is 8.56. The van der Waals surface area contributed by atoms with Gasteiger partial charge < -0.3 is 9.64 Å². The normalized spacial score (nSPS) is 31.3. The molecule has 184 valence electrons. The van der Waals surface area contributed by atoms with Gasteiger partial charge in [-0.05, 0) is 98.9 Å². The van der Waals surface area contributed by atoms with E-state index in [2.05, 4.69) is 0 Å². The lowest BCUT2D eigenvalue weighted by Gasteiger charge is -2.56. The van der Waals surface area contributed by atoms with E-state index >= 15 is 0 Å². The second-order valence-corrected chi connectivity index (χ2v) is 12.0. The van der Waals surface area contributed by atoms with Crippen LogP contribution in [0, 0.1) is 23.2 Å². The molecule has 1 aliphatic heterocycles. The molecular weight excluding hydrogens is 460 g/mol. The van der Waals surface area contributed by atoms with Gasteiger partial charge >= 0.3 is 0 Å². The highest BCUT2D eigenvalue weighted by atomic mass is 32.1. The van der Waals surface area contributed by atoms with Gasteiger partial charge in [0.2, 0.25) is 11.8 Å². The van der Waals surface area contributed by atoms with Gasteiger partial charge in [0.05, 0.1) is 30.7 Å². The molecule has 2 aromatic rings. The number of hydrogen-bond acceptors (Lipinski definition) is 5. The van der Waals surface area contributed by atoms with E-state index in [1.165, 1.54) is 24.2 Å². The van der Waals surface area contributed by atoms with Gasteiger partial charge in [-0.2, -0.15) is 0 Å². The van der Waals surface area contributed by atoms with Crippen LogP contribution in [0.1, 0.15) is 56.7 Å². The zero-order valence-electron chi connectivity index (χ0n) is 20.2. The van der Waals surface area contributed by atoms with Crippen LogP contribution in [-0.4, -0.2) is 35.3 Å². The lowest BCUT2D eigenvalue weighted by atomic mass is 9.49. The zero-order chi connectivity index (χ0) is 24.2. The molecule has 35 heavy (non-hydrogen) atoms. The standard InChI is InChI=1S/C28H32N2O4S/c1-2-34-22-7-5-21(6-8-22)30-25(31)13-24(26(30)32)29(17-23-4-3-9-35-23)27(33)28-14-18-10-19(15-28)12-20(11-18)16-28/h3-9,18-20,24H,2,10-17H2,1H3. The first kappa shape index (κ1) is 22.8. The van der Waals surface area contributed by atoms with Gasteiger partial charge in [-0.25, -0.2) is 4.90 Å². The molecule has 0 spiro atoms. The molecule has 0 N–H and O–H groups in total. The Bertz CT molecular complexity index is 1090. The summed E-state index contributed by atoms with van der Waals surface area (Å²) < 4.78 is 5.50. The number of benzene rings is 1. The third kappa shape index (κ3) is 3.98. The van der Waals surface area contributed by atoms with Gasteiger partial charge in [0.1, 0.15) is 11.8 Å². The van der Waals surface area contributed by atoms with E-state index in [1.807, 2.05) is 24.4 Å². The second kappa shape index (κ2) is 8.77. The maximum absolute atomic E-state index is 14.4. The number of thiophene rings is 1. The Balaban J connectivity index is 1.30. The monoisotopic (exact) mass is 492 g/mol. The molecule has 1 unspecified atom stereocenters. The first-order chi connectivity index (χ1) is 17.0. The number of imide groups is 1. The van der Waals surface area contributed by atoms with Gasteiger partial charge in [0.25, 0.3) is 5.91 Å². The Morgan fingerprint density at radius 2 is 1.71 bits per heavy atom. The summed E-state index contributed by atoms with van der Waals surface area (Å²) >= 11 is 1.59. The summed E-state index contributed by atoms with van der Waals surface area (Å²) in [6, 6.07) is 10.3. The molecule has 4 aliphatic carbocycles. The van der Waals surface area contributed by atoms with Crippen molar-refractivity contribution in [1.82, 2.24) is 4.90 Å². The van der Waals surface area contributed by atoms with E-state index in [1.54, 1.807) is 40.5 Å². The van der Waals surface area contributed by atoms with Gasteiger partial charge in [-0.1, -0.05) is 6.07 Å². The van der Waals surface area contributed by atoms with E-state index in [-0.39, 0.29) is 29.6 Å². The lowest BCUT2D eigenvalue weighted by molar-refractivity contribution is -0.162. The average Bonchev–Trinajstić information content (AvgIpc) is 3.44. The molecule has 2 heterocycles. The van der Waals surface area contributed by atoms with Crippen LogP contribution in [0.25, 0.3) is 0 Å². The second-order valence-electron chi connectivity index (χ2n) is 10.9. The Kier molecular flexibility index (Phi) is 5.71. The highest BCUT2D eigenvalue weighted by Gasteiger charge is 2.57. The van der Waals surface area contributed by atoms with E-state index in [0.29, 0.717) is 42.3 Å². The van der Waals surface area contributed by atoms with Crippen molar-refractivity contribution in [2.24, 2.45) is 23.2 Å². The summed E-state index contributed by atoms with van der Waals surface area (Å²) in [5.41, 5.74) is 0.173. The van der Waals surface area contributed by atoms with Crippen molar-refractivity contribution < 1.29 is 19.1 Å². The van der Waals surface area contributed by atoms with Crippen LogP contribution in [0.3, 0.4) is 0 Å². The fourth-order valence-electron chi connectivity index (χ4n) is 7.56. The Morgan fingerprint density at radius 1 is 1.06 bits per heavy atom. The quantitative estimate of drug-likeness (QED) is 0.509. The predicted octanol–water partition coefficient (Wildman–Crippen LogP) is 5.02. The van der Waals surface area contributed by atoms with E-state index in [4.69, 9.17) is 4.74 Å². The van der Waals surface area contributed by atoms with Crippen molar-refractivity contribution in [1.29, 1.82) is 0 Å². The Hall–Kier alpha value is -2.67. The van der Waals surface area contributed by atoms with Crippen LogP contribution in [0.4, 0.5) is 5.69 Å². The molecule has 6 nitrogen and oxygen atoms in total. The summed E-state index contributed by atoms with van der Waals surface area (Å²) in [6.07, 6.45) is 6.62. The van der Waals surface area contributed by atoms with Gasteiger partial charge in [-0.15, -0.1) is 11.3 Å². The van der Waals surface area contributed by atoms with E-state index < -0.39 is 6.04 Å². The maximum atomic E-state index is 14.4. The van der Waals surface area contributed by atoms with Crippen LogP contribution in [0.15, 0.2) is 41.8 Å². The minimum Gasteiger partial charge on any atom is -0.494 e. The number of anilines is 1. The van der Waals surface area contributed by atoms with Crippen molar-refractivity contribution >= 4 is 34.7 Å². The first-order valence-corrected chi connectivity index (χ1v) is 13.8. The maximum Gasteiger partial charge on any atom is 0.257 e. The van der Waals surface area contributed by atoms with E-state index in [9.17, 15) is 14.4 Å². The largest absolute Gasteiger partial charge is 0.494 e. The number of hydrogen-bond donors (Lipinski definition) is 0. The summed E-state index contributed by atoms with van der Waals surface area (Å²) in [6.45, 7) is 2.85. The fraction of sp³-hybridized carbons (Fsp3) is 0.536. The molecule has 7 heteroatoms. The molecular formula is C28H32N2O4S.